The summed E-state index contributed by atoms with van der Waals surface area (Å²) in [6.07, 6.45) is 0. The van der Waals surface area contributed by atoms with Crippen molar-refractivity contribution in [2.45, 2.75) is 20.8 Å². The Morgan fingerprint density at radius 2 is 1.70 bits per heavy atom. The van der Waals surface area contributed by atoms with Crippen LogP contribution in [0.1, 0.15) is 37.0 Å². The second-order valence-corrected chi connectivity index (χ2v) is 8.77. The quantitative estimate of drug-likeness (QED) is 0.420. The maximum Gasteiger partial charge on any atom is 0.289 e. The summed E-state index contributed by atoms with van der Waals surface area (Å²) in [6.45, 7) is 5.83. The molecule has 0 atom stereocenters. The molecule has 7 nitrogen and oxygen atoms in total. The number of rotatable bonds is 3. The predicted octanol–water partition coefficient (Wildman–Crippen LogP) is 4.00. The zero-order valence-electron chi connectivity index (χ0n) is 16.6. The van der Waals surface area contributed by atoms with E-state index in [4.69, 9.17) is 5.73 Å². The number of carbonyl (C=O) groups is 2. The lowest BCUT2D eigenvalue weighted by atomic mass is 10.1. The normalized spacial score (nSPS) is 10.9. The van der Waals surface area contributed by atoms with Gasteiger partial charge >= 0.3 is 0 Å². The number of thiazole rings is 1. The van der Waals surface area contributed by atoms with Crippen LogP contribution in [0, 0.1) is 20.8 Å². The van der Waals surface area contributed by atoms with E-state index in [2.05, 4.69) is 20.8 Å². The molecule has 4 N–H and O–H groups in total. The van der Waals surface area contributed by atoms with Crippen molar-refractivity contribution in [2.24, 2.45) is 0 Å². The molecule has 0 fully saturated rings. The standard InChI is InChI=1S/C21H19N5O2S2/c1-10-4-6-13(7-5-10)20-24-14(9-29-20)18(27)25-26-19(28)17-16(22)15-11(2)8-12(3)23-21(15)30-17/h4-9H,22H2,1-3H3,(H,25,27)(H,26,28). The van der Waals surface area contributed by atoms with Crippen LogP contribution in [0.25, 0.3) is 20.8 Å². The predicted molar refractivity (Wildman–Crippen MR) is 121 cm³/mol. The fourth-order valence-corrected chi connectivity index (χ4v) is 5.00. The number of aryl methyl sites for hydroxylation is 3. The summed E-state index contributed by atoms with van der Waals surface area (Å²) < 4.78 is 0. The number of hydrazine groups is 1. The largest absolute Gasteiger partial charge is 0.397 e. The van der Waals surface area contributed by atoms with Crippen molar-refractivity contribution in [2.75, 3.05) is 5.73 Å². The first-order chi connectivity index (χ1) is 14.3. The van der Waals surface area contributed by atoms with Gasteiger partial charge < -0.3 is 5.73 Å². The number of hydrogen-bond donors (Lipinski definition) is 3. The first-order valence-corrected chi connectivity index (χ1v) is 10.8. The number of nitrogens with zero attached hydrogens (tertiary/aromatic N) is 2. The maximum atomic E-state index is 12.6. The van der Waals surface area contributed by atoms with Gasteiger partial charge in [-0.3, -0.25) is 20.4 Å². The van der Waals surface area contributed by atoms with Crippen LogP contribution in [0.15, 0.2) is 35.7 Å². The van der Waals surface area contributed by atoms with Gasteiger partial charge in [0.1, 0.15) is 20.4 Å². The lowest BCUT2D eigenvalue weighted by molar-refractivity contribution is 0.0847. The molecule has 0 aliphatic carbocycles. The van der Waals surface area contributed by atoms with Crippen molar-refractivity contribution in [3.05, 3.63) is 63.1 Å². The first kappa shape index (κ1) is 20.0. The van der Waals surface area contributed by atoms with Crippen molar-refractivity contribution < 1.29 is 9.59 Å². The van der Waals surface area contributed by atoms with Gasteiger partial charge in [0.25, 0.3) is 11.8 Å². The average molecular weight is 438 g/mol. The maximum absolute atomic E-state index is 12.6. The summed E-state index contributed by atoms with van der Waals surface area (Å²) in [5.74, 6) is -0.988. The number of anilines is 1. The summed E-state index contributed by atoms with van der Waals surface area (Å²) in [4.78, 5) is 34.8. The molecule has 0 unspecified atom stereocenters. The number of carbonyl (C=O) groups excluding carboxylic acids is 2. The molecule has 4 aromatic rings. The van der Waals surface area contributed by atoms with Crippen LogP contribution in [0.3, 0.4) is 0 Å². The molecule has 9 heteroatoms. The van der Waals surface area contributed by atoms with E-state index >= 15 is 0 Å². The van der Waals surface area contributed by atoms with Gasteiger partial charge in [0.2, 0.25) is 0 Å². The lowest BCUT2D eigenvalue weighted by Gasteiger charge is -2.05. The molecule has 1 aromatic carbocycles. The van der Waals surface area contributed by atoms with Crippen LogP contribution < -0.4 is 16.6 Å². The highest BCUT2D eigenvalue weighted by atomic mass is 32.1. The van der Waals surface area contributed by atoms with E-state index in [0.29, 0.717) is 15.4 Å². The van der Waals surface area contributed by atoms with Crippen molar-refractivity contribution in [3.63, 3.8) is 0 Å². The molecule has 2 amide bonds. The van der Waals surface area contributed by atoms with Gasteiger partial charge in [-0.1, -0.05) is 29.8 Å². The fourth-order valence-electron chi connectivity index (χ4n) is 3.08. The summed E-state index contributed by atoms with van der Waals surface area (Å²) in [7, 11) is 0. The zero-order valence-corrected chi connectivity index (χ0v) is 18.2. The van der Waals surface area contributed by atoms with Crippen molar-refractivity contribution in [1.29, 1.82) is 0 Å². The molecule has 0 bridgehead atoms. The van der Waals surface area contributed by atoms with Gasteiger partial charge in [-0.05, 0) is 32.4 Å². The van der Waals surface area contributed by atoms with E-state index in [9.17, 15) is 9.59 Å². The zero-order chi connectivity index (χ0) is 21.4. The van der Waals surface area contributed by atoms with Crippen molar-refractivity contribution >= 4 is 50.4 Å². The minimum Gasteiger partial charge on any atom is -0.397 e. The summed E-state index contributed by atoms with van der Waals surface area (Å²) in [6, 6.07) is 9.82. The number of hydrogen-bond acceptors (Lipinski definition) is 7. The van der Waals surface area contributed by atoms with E-state index in [0.717, 1.165) is 32.8 Å². The van der Waals surface area contributed by atoms with Gasteiger partial charge in [0.05, 0.1) is 5.69 Å². The third kappa shape index (κ3) is 3.77. The van der Waals surface area contributed by atoms with Crippen LogP contribution in [0.4, 0.5) is 5.69 Å². The number of pyridine rings is 1. The minimum atomic E-state index is -0.497. The third-order valence-corrected chi connectivity index (χ3v) is 6.54. The second kappa shape index (κ2) is 7.85. The average Bonchev–Trinajstić information content (AvgIpc) is 3.32. The SMILES string of the molecule is Cc1ccc(-c2nc(C(=O)NNC(=O)c3sc4nc(C)cc(C)c4c3N)cs2)cc1. The molecular weight excluding hydrogens is 418 g/mol. The highest BCUT2D eigenvalue weighted by molar-refractivity contribution is 7.21. The van der Waals surface area contributed by atoms with Crippen LogP contribution in [-0.4, -0.2) is 21.8 Å². The van der Waals surface area contributed by atoms with Gasteiger partial charge in [-0.2, -0.15) is 0 Å². The Morgan fingerprint density at radius 1 is 1.00 bits per heavy atom. The lowest BCUT2D eigenvalue weighted by Crippen LogP contribution is -2.41. The van der Waals surface area contributed by atoms with E-state index < -0.39 is 11.8 Å². The number of aromatic nitrogens is 2. The Hall–Kier alpha value is -3.30. The number of nitrogen functional groups attached to an aromatic ring is 1. The number of thiophene rings is 1. The van der Waals surface area contributed by atoms with Gasteiger partial charge in [-0.25, -0.2) is 9.97 Å². The molecule has 0 spiro atoms. The van der Waals surface area contributed by atoms with Crippen LogP contribution >= 0.6 is 22.7 Å². The second-order valence-electron chi connectivity index (χ2n) is 6.92. The monoisotopic (exact) mass is 437 g/mol. The van der Waals surface area contributed by atoms with E-state index in [1.54, 1.807) is 5.38 Å². The molecule has 0 aliphatic rings. The third-order valence-electron chi connectivity index (χ3n) is 4.56. The molecule has 152 valence electrons. The number of benzene rings is 1. The Kier molecular flexibility index (Phi) is 5.23. The molecular formula is C21H19N5O2S2. The van der Waals surface area contributed by atoms with E-state index in [1.165, 1.54) is 22.7 Å². The Balaban J connectivity index is 1.47. The van der Waals surface area contributed by atoms with Crippen LogP contribution in [0.2, 0.25) is 0 Å². The van der Waals surface area contributed by atoms with Gasteiger partial charge in [0.15, 0.2) is 0 Å². The highest BCUT2D eigenvalue weighted by Gasteiger charge is 2.20. The van der Waals surface area contributed by atoms with Crippen LogP contribution in [-0.2, 0) is 0 Å². The van der Waals surface area contributed by atoms with E-state index in [-0.39, 0.29) is 5.69 Å². The Morgan fingerprint density at radius 3 is 2.43 bits per heavy atom. The molecule has 3 aromatic heterocycles. The Bertz CT molecular complexity index is 1270. The van der Waals surface area contributed by atoms with Crippen molar-refractivity contribution in [1.82, 2.24) is 20.8 Å². The number of nitrogens with two attached hydrogens (primary N) is 1. The molecule has 0 saturated heterocycles. The molecule has 0 aliphatic heterocycles. The highest BCUT2D eigenvalue weighted by Crippen LogP contribution is 2.34. The molecule has 0 radical (unpaired) electrons. The summed E-state index contributed by atoms with van der Waals surface area (Å²) in [5, 5.41) is 3.15. The fraction of sp³-hybridized carbons (Fsp3) is 0.143. The summed E-state index contributed by atoms with van der Waals surface area (Å²) in [5.41, 5.74) is 15.5. The number of nitrogens with one attached hydrogen (secondary N) is 2. The molecule has 3 heterocycles. The first-order valence-electron chi connectivity index (χ1n) is 9.13. The van der Waals surface area contributed by atoms with Crippen molar-refractivity contribution in [3.8, 4) is 10.6 Å². The topological polar surface area (TPSA) is 110 Å². The van der Waals surface area contributed by atoms with Gasteiger partial charge in [-0.15, -0.1) is 22.7 Å². The van der Waals surface area contributed by atoms with Crippen LogP contribution in [0.5, 0.6) is 0 Å². The number of fused-ring (bicyclic) bond motifs is 1. The minimum absolute atomic E-state index is 0.230. The Labute approximate surface area is 181 Å². The molecule has 0 saturated carbocycles. The number of amides is 2. The summed E-state index contributed by atoms with van der Waals surface area (Å²) >= 11 is 2.56. The molecule has 30 heavy (non-hydrogen) atoms. The smallest absolute Gasteiger partial charge is 0.289 e. The van der Waals surface area contributed by atoms with Gasteiger partial charge in [0, 0.05) is 22.0 Å². The molecule has 4 rings (SSSR count). The van der Waals surface area contributed by atoms with E-state index in [1.807, 2.05) is 51.1 Å².